The summed E-state index contributed by atoms with van der Waals surface area (Å²) in [5, 5.41) is 0. The Bertz CT molecular complexity index is 354. The first-order valence-electron chi connectivity index (χ1n) is 5.32. The zero-order chi connectivity index (χ0) is 11.5. The van der Waals surface area contributed by atoms with Gasteiger partial charge in [-0.05, 0) is 29.3 Å². The van der Waals surface area contributed by atoms with Crippen molar-refractivity contribution in [1.29, 1.82) is 0 Å². The third kappa shape index (κ3) is 2.82. The first-order valence-corrected chi connectivity index (χ1v) is 6.11. The van der Waals surface area contributed by atoms with Crippen molar-refractivity contribution in [3.63, 3.8) is 0 Å². The summed E-state index contributed by atoms with van der Waals surface area (Å²) in [6.07, 6.45) is 1.19. The van der Waals surface area contributed by atoms with E-state index < -0.39 is 0 Å². The Kier molecular flexibility index (Phi) is 3.60. The maximum atomic E-state index is 5.70. The molecule has 1 aromatic rings. The molecule has 1 aromatic heterocycles. The van der Waals surface area contributed by atoms with E-state index in [1.807, 2.05) is 0 Å². The summed E-state index contributed by atoms with van der Waals surface area (Å²) in [5.41, 5.74) is 5.70. The second-order valence-corrected chi connectivity index (χ2v) is 4.71. The lowest BCUT2D eigenvalue weighted by Gasteiger charge is -2.22. The average molecular weight is 287 g/mol. The monoisotopic (exact) mass is 286 g/mol. The second-order valence-electron chi connectivity index (χ2n) is 3.90. The fraction of sp³-hybridized carbons (Fsp3) is 0.600. The molecule has 0 amide bonds. The number of hydrogen-bond donors (Lipinski definition) is 1. The zero-order valence-electron chi connectivity index (χ0n) is 9.19. The Morgan fingerprint density at radius 2 is 2.38 bits per heavy atom. The van der Waals surface area contributed by atoms with Crippen LogP contribution < -0.4 is 10.6 Å². The summed E-state index contributed by atoms with van der Waals surface area (Å²) in [6.45, 7) is 4.55. The number of rotatable bonds is 1. The van der Waals surface area contributed by atoms with E-state index in [1.165, 1.54) is 0 Å². The van der Waals surface area contributed by atoms with Crippen LogP contribution in [0.25, 0.3) is 0 Å². The Morgan fingerprint density at radius 3 is 3.12 bits per heavy atom. The Hall–Kier alpha value is -0.880. The summed E-state index contributed by atoms with van der Waals surface area (Å²) in [4.78, 5) is 10.7. The minimum Gasteiger partial charge on any atom is -0.383 e. The number of halogens is 1. The van der Waals surface area contributed by atoms with Crippen molar-refractivity contribution < 1.29 is 4.74 Å². The molecule has 16 heavy (non-hydrogen) atoms. The number of anilines is 2. The maximum Gasteiger partial charge on any atom is 0.228 e. The fourth-order valence-electron chi connectivity index (χ4n) is 1.74. The lowest BCUT2D eigenvalue weighted by Crippen LogP contribution is -2.31. The van der Waals surface area contributed by atoms with E-state index in [0.29, 0.717) is 16.4 Å². The standard InChI is InChI=1S/C10H15BrN4O/c1-7-6-15(3-2-4-16-7)10-13-8(11)5-9(12)14-10/h5,7H,2-4,6H2,1H3,(H2,12,13,14). The predicted octanol–water partition coefficient (Wildman–Crippen LogP) is 1.44. The van der Waals surface area contributed by atoms with Gasteiger partial charge in [-0.3, -0.25) is 0 Å². The molecule has 2 heterocycles. The summed E-state index contributed by atoms with van der Waals surface area (Å²) in [5.74, 6) is 1.15. The van der Waals surface area contributed by atoms with Crippen molar-refractivity contribution >= 4 is 27.7 Å². The van der Waals surface area contributed by atoms with E-state index in [-0.39, 0.29) is 6.10 Å². The number of nitrogens with zero attached hydrogens (tertiary/aromatic N) is 3. The fourth-order valence-corrected chi connectivity index (χ4v) is 2.13. The molecule has 2 rings (SSSR count). The highest BCUT2D eigenvalue weighted by molar-refractivity contribution is 9.10. The molecule has 0 bridgehead atoms. The molecule has 0 radical (unpaired) electrons. The van der Waals surface area contributed by atoms with Crippen LogP contribution in [0.4, 0.5) is 11.8 Å². The molecule has 0 aromatic carbocycles. The highest BCUT2D eigenvalue weighted by Crippen LogP contribution is 2.18. The van der Waals surface area contributed by atoms with Gasteiger partial charge in [-0.1, -0.05) is 0 Å². The van der Waals surface area contributed by atoms with Crippen LogP contribution in [0, 0.1) is 0 Å². The molecule has 0 aliphatic carbocycles. The first kappa shape index (κ1) is 11.6. The molecule has 88 valence electrons. The van der Waals surface area contributed by atoms with Gasteiger partial charge in [0, 0.05) is 25.8 Å². The normalized spacial score (nSPS) is 21.9. The van der Waals surface area contributed by atoms with Gasteiger partial charge in [0.15, 0.2) is 0 Å². The molecule has 1 saturated heterocycles. The lowest BCUT2D eigenvalue weighted by molar-refractivity contribution is 0.0820. The van der Waals surface area contributed by atoms with E-state index in [2.05, 4.69) is 37.7 Å². The van der Waals surface area contributed by atoms with Gasteiger partial charge in [0.05, 0.1) is 6.10 Å². The van der Waals surface area contributed by atoms with Crippen molar-refractivity contribution in [2.24, 2.45) is 0 Å². The molecule has 1 aliphatic rings. The highest BCUT2D eigenvalue weighted by atomic mass is 79.9. The van der Waals surface area contributed by atoms with E-state index in [0.717, 1.165) is 26.1 Å². The Morgan fingerprint density at radius 1 is 1.56 bits per heavy atom. The van der Waals surface area contributed by atoms with Crippen molar-refractivity contribution in [3.8, 4) is 0 Å². The van der Waals surface area contributed by atoms with Gasteiger partial charge in [-0.15, -0.1) is 0 Å². The average Bonchev–Trinajstić information content (AvgIpc) is 2.41. The summed E-state index contributed by atoms with van der Waals surface area (Å²) in [6, 6.07) is 1.70. The summed E-state index contributed by atoms with van der Waals surface area (Å²) < 4.78 is 6.29. The van der Waals surface area contributed by atoms with Crippen LogP contribution in [-0.2, 0) is 4.74 Å². The smallest absolute Gasteiger partial charge is 0.228 e. The van der Waals surface area contributed by atoms with Gasteiger partial charge in [0.2, 0.25) is 5.95 Å². The third-order valence-electron chi connectivity index (χ3n) is 2.44. The van der Waals surface area contributed by atoms with E-state index >= 15 is 0 Å². The molecule has 2 N–H and O–H groups in total. The van der Waals surface area contributed by atoms with E-state index in [1.54, 1.807) is 6.07 Å². The zero-order valence-corrected chi connectivity index (χ0v) is 10.8. The van der Waals surface area contributed by atoms with Crippen LogP contribution in [0.3, 0.4) is 0 Å². The SMILES string of the molecule is CC1CN(c2nc(N)cc(Br)n2)CCCO1. The number of nitrogens with two attached hydrogens (primary N) is 1. The first-order chi connectivity index (χ1) is 7.65. The minimum absolute atomic E-state index is 0.200. The summed E-state index contributed by atoms with van der Waals surface area (Å²) >= 11 is 3.33. The number of aromatic nitrogens is 2. The number of hydrogen-bond acceptors (Lipinski definition) is 5. The van der Waals surface area contributed by atoms with Gasteiger partial charge >= 0.3 is 0 Å². The van der Waals surface area contributed by atoms with E-state index in [4.69, 9.17) is 10.5 Å². The van der Waals surface area contributed by atoms with Crippen molar-refractivity contribution in [2.75, 3.05) is 30.3 Å². The van der Waals surface area contributed by atoms with Gasteiger partial charge < -0.3 is 15.4 Å². The molecule has 0 saturated carbocycles. The number of nitrogen functional groups attached to an aromatic ring is 1. The molecule has 0 spiro atoms. The topological polar surface area (TPSA) is 64.3 Å². The molecular weight excluding hydrogens is 272 g/mol. The molecular formula is C10H15BrN4O. The van der Waals surface area contributed by atoms with Crippen molar-refractivity contribution in [1.82, 2.24) is 9.97 Å². The van der Waals surface area contributed by atoms with Crippen molar-refractivity contribution in [2.45, 2.75) is 19.4 Å². The Balaban J connectivity index is 2.21. The molecule has 5 nitrogen and oxygen atoms in total. The minimum atomic E-state index is 0.200. The molecule has 1 fully saturated rings. The van der Waals surface area contributed by atoms with Crippen LogP contribution in [-0.4, -0.2) is 35.8 Å². The summed E-state index contributed by atoms with van der Waals surface area (Å²) in [7, 11) is 0. The predicted molar refractivity (Wildman–Crippen MR) is 66.4 cm³/mol. The molecule has 1 aliphatic heterocycles. The highest BCUT2D eigenvalue weighted by Gasteiger charge is 2.17. The second kappa shape index (κ2) is 4.97. The molecule has 1 atom stereocenters. The third-order valence-corrected chi connectivity index (χ3v) is 2.84. The lowest BCUT2D eigenvalue weighted by atomic mass is 10.3. The van der Waals surface area contributed by atoms with Gasteiger partial charge in [-0.25, -0.2) is 4.98 Å². The quantitative estimate of drug-likeness (QED) is 0.792. The van der Waals surface area contributed by atoms with Gasteiger partial charge in [-0.2, -0.15) is 4.98 Å². The van der Waals surface area contributed by atoms with Crippen LogP contribution >= 0.6 is 15.9 Å². The maximum absolute atomic E-state index is 5.70. The largest absolute Gasteiger partial charge is 0.383 e. The van der Waals surface area contributed by atoms with Crippen LogP contribution in [0.2, 0.25) is 0 Å². The van der Waals surface area contributed by atoms with Crippen LogP contribution in [0.5, 0.6) is 0 Å². The molecule has 6 heteroatoms. The van der Waals surface area contributed by atoms with Gasteiger partial charge in [0.1, 0.15) is 10.4 Å². The van der Waals surface area contributed by atoms with Crippen LogP contribution in [0.15, 0.2) is 10.7 Å². The molecule has 1 unspecified atom stereocenters. The van der Waals surface area contributed by atoms with Crippen molar-refractivity contribution in [3.05, 3.63) is 10.7 Å². The van der Waals surface area contributed by atoms with Crippen LogP contribution in [0.1, 0.15) is 13.3 Å². The van der Waals surface area contributed by atoms with E-state index in [9.17, 15) is 0 Å². The van der Waals surface area contributed by atoms with Gasteiger partial charge in [0.25, 0.3) is 0 Å². The number of ether oxygens (including phenoxy) is 1. The Labute approximate surface area is 103 Å².